The molecule has 2 aromatic carbocycles. The number of hydrogen-bond donors (Lipinski definition) is 1. The first-order chi connectivity index (χ1) is 10.6. The quantitative estimate of drug-likeness (QED) is 0.656. The highest BCUT2D eigenvalue weighted by Crippen LogP contribution is 2.30. The minimum absolute atomic E-state index is 0.125. The fourth-order valence-electron chi connectivity index (χ4n) is 2.02. The lowest BCUT2D eigenvalue weighted by Crippen LogP contribution is -2.15. The standard InChI is InChI=1S/C18H19NO3/c1-3-21-18(20)12-22-17-7-5-4-6-16(17)13(2)14-8-10-15(19)11-9-14/h4-11H,2-3,12,19H2,1H3. The average Bonchev–Trinajstić information content (AvgIpc) is 2.53. The van der Waals surface area contributed by atoms with Crippen molar-refractivity contribution in [3.8, 4) is 5.75 Å². The maximum atomic E-state index is 11.4. The summed E-state index contributed by atoms with van der Waals surface area (Å²) in [5.41, 5.74) is 8.98. The van der Waals surface area contributed by atoms with Gasteiger partial charge in [-0.2, -0.15) is 0 Å². The Labute approximate surface area is 130 Å². The fraction of sp³-hybridized carbons (Fsp3) is 0.167. The largest absolute Gasteiger partial charge is 0.481 e. The molecule has 0 saturated carbocycles. The zero-order valence-corrected chi connectivity index (χ0v) is 12.5. The maximum absolute atomic E-state index is 11.4. The van der Waals surface area contributed by atoms with Crippen LogP contribution in [0.2, 0.25) is 0 Å². The Balaban J connectivity index is 2.18. The van der Waals surface area contributed by atoms with Crippen molar-refractivity contribution in [2.75, 3.05) is 18.9 Å². The summed E-state index contributed by atoms with van der Waals surface area (Å²) in [6, 6.07) is 14.9. The van der Waals surface area contributed by atoms with E-state index in [9.17, 15) is 4.79 Å². The predicted octanol–water partition coefficient (Wildman–Crippen LogP) is 3.27. The smallest absolute Gasteiger partial charge is 0.344 e. The van der Waals surface area contributed by atoms with Gasteiger partial charge in [0.1, 0.15) is 5.75 Å². The second-order valence-corrected chi connectivity index (χ2v) is 4.69. The SMILES string of the molecule is C=C(c1ccc(N)cc1)c1ccccc1OCC(=O)OCC. The Bertz CT molecular complexity index is 662. The first-order valence-electron chi connectivity index (χ1n) is 7.04. The van der Waals surface area contributed by atoms with Gasteiger partial charge in [0.15, 0.2) is 6.61 Å². The molecule has 0 amide bonds. The van der Waals surface area contributed by atoms with Gasteiger partial charge in [-0.05, 0) is 36.3 Å². The Hall–Kier alpha value is -2.75. The summed E-state index contributed by atoms with van der Waals surface area (Å²) >= 11 is 0. The molecule has 0 atom stereocenters. The van der Waals surface area contributed by atoms with E-state index in [1.54, 1.807) is 13.0 Å². The van der Waals surface area contributed by atoms with Gasteiger partial charge in [-0.1, -0.05) is 36.9 Å². The fourth-order valence-corrected chi connectivity index (χ4v) is 2.02. The highest BCUT2D eigenvalue weighted by Gasteiger charge is 2.11. The first kappa shape index (κ1) is 15.6. The summed E-state index contributed by atoms with van der Waals surface area (Å²) in [5.74, 6) is 0.202. The van der Waals surface area contributed by atoms with Crippen LogP contribution in [0.5, 0.6) is 5.75 Å². The van der Waals surface area contributed by atoms with Crippen molar-refractivity contribution in [3.63, 3.8) is 0 Å². The van der Waals surface area contributed by atoms with Crippen LogP contribution >= 0.6 is 0 Å². The number of esters is 1. The third kappa shape index (κ3) is 3.88. The average molecular weight is 297 g/mol. The summed E-state index contributed by atoms with van der Waals surface area (Å²) in [7, 11) is 0. The van der Waals surface area contributed by atoms with Gasteiger partial charge in [0.25, 0.3) is 0 Å². The Morgan fingerprint density at radius 2 is 1.82 bits per heavy atom. The van der Waals surface area contributed by atoms with Crippen LogP contribution in [0.25, 0.3) is 5.57 Å². The topological polar surface area (TPSA) is 61.5 Å². The number of anilines is 1. The molecule has 0 unspecified atom stereocenters. The number of carbonyl (C=O) groups excluding carboxylic acids is 1. The van der Waals surface area contributed by atoms with Gasteiger partial charge < -0.3 is 15.2 Å². The minimum Gasteiger partial charge on any atom is -0.481 e. The van der Waals surface area contributed by atoms with Crippen molar-refractivity contribution < 1.29 is 14.3 Å². The minimum atomic E-state index is -0.393. The number of benzene rings is 2. The molecule has 0 fully saturated rings. The lowest BCUT2D eigenvalue weighted by atomic mass is 9.98. The van der Waals surface area contributed by atoms with Crippen LogP contribution in [-0.2, 0) is 9.53 Å². The molecule has 4 heteroatoms. The summed E-state index contributed by atoms with van der Waals surface area (Å²) in [5, 5.41) is 0. The second-order valence-electron chi connectivity index (χ2n) is 4.69. The van der Waals surface area contributed by atoms with Crippen molar-refractivity contribution in [1.29, 1.82) is 0 Å². The molecule has 0 aromatic heterocycles. The highest BCUT2D eigenvalue weighted by atomic mass is 16.6. The molecular weight excluding hydrogens is 278 g/mol. The van der Waals surface area contributed by atoms with Crippen LogP contribution in [0, 0.1) is 0 Å². The first-order valence-corrected chi connectivity index (χ1v) is 7.04. The Morgan fingerprint density at radius 3 is 2.50 bits per heavy atom. The lowest BCUT2D eigenvalue weighted by molar-refractivity contribution is -0.145. The van der Waals surface area contributed by atoms with Crippen LogP contribution < -0.4 is 10.5 Å². The zero-order valence-electron chi connectivity index (χ0n) is 12.5. The van der Waals surface area contributed by atoms with Gasteiger partial charge in [0, 0.05) is 11.3 Å². The van der Waals surface area contributed by atoms with Crippen molar-refractivity contribution in [1.82, 2.24) is 0 Å². The molecule has 0 bridgehead atoms. The summed E-state index contributed by atoms with van der Waals surface area (Å²) in [4.78, 5) is 11.4. The summed E-state index contributed by atoms with van der Waals surface area (Å²) in [6.45, 7) is 6.08. The molecule has 114 valence electrons. The molecule has 2 rings (SSSR count). The van der Waals surface area contributed by atoms with Gasteiger partial charge in [0.2, 0.25) is 0 Å². The normalized spacial score (nSPS) is 10.0. The van der Waals surface area contributed by atoms with E-state index in [0.717, 1.165) is 16.7 Å². The number of para-hydroxylation sites is 1. The third-order valence-corrected chi connectivity index (χ3v) is 3.12. The molecule has 2 N–H and O–H groups in total. The summed E-state index contributed by atoms with van der Waals surface area (Å²) in [6.07, 6.45) is 0. The van der Waals surface area contributed by atoms with Crippen molar-refractivity contribution in [2.24, 2.45) is 0 Å². The van der Waals surface area contributed by atoms with E-state index in [1.165, 1.54) is 0 Å². The van der Waals surface area contributed by atoms with E-state index in [1.807, 2.05) is 42.5 Å². The Kier molecular flexibility index (Phi) is 5.20. The van der Waals surface area contributed by atoms with E-state index >= 15 is 0 Å². The van der Waals surface area contributed by atoms with Gasteiger partial charge in [-0.25, -0.2) is 4.79 Å². The van der Waals surface area contributed by atoms with E-state index < -0.39 is 5.97 Å². The number of nitrogens with two attached hydrogens (primary N) is 1. The molecule has 2 aromatic rings. The number of rotatable bonds is 6. The molecule has 0 aliphatic carbocycles. The van der Waals surface area contributed by atoms with Gasteiger partial charge in [-0.15, -0.1) is 0 Å². The molecule has 0 aliphatic rings. The predicted molar refractivity (Wildman–Crippen MR) is 87.6 cm³/mol. The molecule has 22 heavy (non-hydrogen) atoms. The van der Waals surface area contributed by atoms with E-state index in [-0.39, 0.29) is 6.61 Å². The van der Waals surface area contributed by atoms with Gasteiger partial charge in [-0.3, -0.25) is 0 Å². The van der Waals surface area contributed by atoms with Crippen LogP contribution in [0.15, 0.2) is 55.1 Å². The lowest BCUT2D eigenvalue weighted by Gasteiger charge is -2.13. The van der Waals surface area contributed by atoms with Gasteiger partial charge >= 0.3 is 5.97 Å². The van der Waals surface area contributed by atoms with Crippen molar-refractivity contribution in [2.45, 2.75) is 6.92 Å². The zero-order chi connectivity index (χ0) is 15.9. The van der Waals surface area contributed by atoms with E-state index in [0.29, 0.717) is 18.0 Å². The number of nitrogen functional groups attached to an aromatic ring is 1. The van der Waals surface area contributed by atoms with E-state index in [2.05, 4.69) is 6.58 Å². The third-order valence-electron chi connectivity index (χ3n) is 3.12. The Morgan fingerprint density at radius 1 is 1.14 bits per heavy atom. The second kappa shape index (κ2) is 7.31. The monoisotopic (exact) mass is 297 g/mol. The summed E-state index contributed by atoms with van der Waals surface area (Å²) < 4.78 is 10.4. The number of ether oxygens (including phenoxy) is 2. The van der Waals surface area contributed by atoms with Crippen LogP contribution in [-0.4, -0.2) is 19.2 Å². The molecule has 0 spiro atoms. The van der Waals surface area contributed by atoms with Crippen LogP contribution in [0.3, 0.4) is 0 Å². The van der Waals surface area contributed by atoms with Crippen LogP contribution in [0.4, 0.5) is 5.69 Å². The molecule has 4 nitrogen and oxygen atoms in total. The molecule has 0 radical (unpaired) electrons. The van der Waals surface area contributed by atoms with E-state index in [4.69, 9.17) is 15.2 Å². The number of hydrogen-bond acceptors (Lipinski definition) is 4. The van der Waals surface area contributed by atoms with Crippen molar-refractivity contribution in [3.05, 3.63) is 66.2 Å². The molecule has 0 aliphatic heterocycles. The van der Waals surface area contributed by atoms with Crippen molar-refractivity contribution >= 4 is 17.2 Å². The van der Waals surface area contributed by atoms with Crippen LogP contribution in [0.1, 0.15) is 18.1 Å². The highest BCUT2D eigenvalue weighted by molar-refractivity contribution is 5.82. The molecular formula is C18H19NO3. The number of carbonyl (C=O) groups is 1. The molecule has 0 heterocycles. The maximum Gasteiger partial charge on any atom is 0.344 e. The molecule has 0 saturated heterocycles. The van der Waals surface area contributed by atoms with Gasteiger partial charge in [0.05, 0.1) is 6.61 Å².